The number of thioether (sulfide) groups is 1. The van der Waals surface area contributed by atoms with Crippen molar-refractivity contribution in [3.63, 3.8) is 0 Å². The van der Waals surface area contributed by atoms with Gasteiger partial charge in [-0.05, 0) is 0 Å². The van der Waals surface area contributed by atoms with Crippen molar-refractivity contribution < 1.29 is 9.72 Å². The van der Waals surface area contributed by atoms with Crippen molar-refractivity contribution in [2.75, 3.05) is 19.8 Å². The quantitative estimate of drug-likeness (QED) is 0.359. The Bertz CT molecular complexity index is 842. The Morgan fingerprint density at radius 1 is 1.46 bits per heavy atom. The Hall–Kier alpha value is -2.61. The standard InChI is InChI=1S/C16H16N4O3S/c1-18(2)7-6-13(21)15-14(17-16-19(15)8-9-24-16)11-4-3-5-12(10-11)20(22)23/h3-7,10H,8-9H2,1-2H3/b7-6+. The number of nitro benzene ring substituents is 1. The number of ketones is 1. The molecule has 0 saturated heterocycles. The number of nitro groups is 1. The maximum Gasteiger partial charge on any atom is 0.270 e. The van der Waals surface area contributed by atoms with Crippen LogP contribution >= 0.6 is 11.8 Å². The third kappa shape index (κ3) is 3.05. The van der Waals surface area contributed by atoms with Gasteiger partial charge in [-0.3, -0.25) is 14.9 Å². The van der Waals surface area contributed by atoms with Crippen LogP contribution in [0.15, 0.2) is 41.7 Å². The van der Waals surface area contributed by atoms with Crippen LogP contribution in [0.1, 0.15) is 10.5 Å². The molecule has 1 aliphatic heterocycles. The van der Waals surface area contributed by atoms with Gasteiger partial charge in [0.25, 0.3) is 5.69 Å². The number of non-ortho nitro benzene ring substituents is 1. The van der Waals surface area contributed by atoms with Crippen molar-refractivity contribution in [1.29, 1.82) is 0 Å². The molecule has 24 heavy (non-hydrogen) atoms. The van der Waals surface area contributed by atoms with E-state index < -0.39 is 4.92 Å². The Labute approximate surface area is 143 Å². The van der Waals surface area contributed by atoms with E-state index in [1.54, 1.807) is 35.0 Å². The highest BCUT2D eigenvalue weighted by Gasteiger charge is 2.26. The van der Waals surface area contributed by atoms with Gasteiger partial charge in [0.2, 0.25) is 5.78 Å². The highest BCUT2D eigenvalue weighted by molar-refractivity contribution is 7.99. The number of hydrogen-bond donors (Lipinski definition) is 0. The molecule has 2 heterocycles. The molecule has 8 heteroatoms. The number of rotatable bonds is 5. The summed E-state index contributed by atoms with van der Waals surface area (Å²) in [6.45, 7) is 0.707. The third-order valence-electron chi connectivity index (χ3n) is 3.57. The summed E-state index contributed by atoms with van der Waals surface area (Å²) in [7, 11) is 3.67. The van der Waals surface area contributed by atoms with Crippen LogP contribution in [0.25, 0.3) is 11.3 Å². The van der Waals surface area contributed by atoms with E-state index in [0.29, 0.717) is 23.5 Å². The van der Waals surface area contributed by atoms with Gasteiger partial charge < -0.3 is 9.47 Å². The average Bonchev–Trinajstić information content (AvgIpc) is 3.13. The fourth-order valence-corrected chi connectivity index (χ4v) is 3.44. The number of benzene rings is 1. The minimum Gasteiger partial charge on any atom is -0.383 e. The van der Waals surface area contributed by atoms with Crippen molar-refractivity contribution in [2.24, 2.45) is 0 Å². The summed E-state index contributed by atoms with van der Waals surface area (Å²) < 4.78 is 1.89. The van der Waals surface area contributed by atoms with Crippen molar-refractivity contribution >= 4 is 23.2 Å². The van der Waals surface area contributed by atoms with E-state index in [1.165, 1.54) is 18.2 Å². The zero-order valence-electron chi connectivity index (χ0n) is 13.3. The summed E-state index contributed by atoms with van der Waals surface area (Å²) in [6.07, 6.45) is 3.18. The second-order valence-electron chi connectivity index (χ2n) is 5.54. The van der Waals surface area contributed by atoms with Crippen molar-refractivity contribution in [3.05, 3.63) is 52.3 Å². The molecule has 0 saturated carbocycles. The molecule has 0 amide bonds. The Morgan fingerprint density at radius 3 is 2.96 bits per heavy atom. The maximum absolute atomic E-state index is 12.7. The Kier molecular flexibility index (Phi) is 4.39. The summed E-state index contributed by atoms with van der Waals surface area (Å²) in [5, 5.41) is 11.8. The molecule has 0 unspecified atom stereocenters. The summed E-state index contributed by atoms with van der Waals surface area (Å²) >= 11 is 1.58. The zero-order valence-corrected chi connectivity index (χ0v) is 14.1. The fraction of sp³-hybridized carbons (Fsp3) is 0.250. The molecule has 0 aliphatic carbocycles. The Balaban J connectivity index is 2.10. The van der Waals surface area contributed by atoms with Crippen LogP contribution in [0.4, 0.5) is 5.69 Å². The topological polar surface area (TPSA) is 81.3 Å². The first-order chi connectivity index (χ1) is 11.5. The lowest BCUT2D eigenvalue weighted by Crippen LogP contribution is -2.09. The molecule has 0 fully saturated rings. The van der Waals surface area contributed by atoms with Gasteiger partial charge in [-0.1, -0.05) is 23.9 Å². The molecule has 0 radical (unpaired) electrons. The number of carbonyl (C=O) groups excluding carboxylic acids is 1. The van der Waals surface area contributed by atoms with Crippen molar-refractivity contribution in [1.82, 2.24) is 14.5 Å². The maximum atomic E-state index is 12.7. The van der Waals surface area contributed by atoms with E-state index in [2.05, 4.69) is 4.98 Å². The summed E-state index contributed by atoms with van der Waals surface area (Å²) in [6, 6.07) is 6.22. The number of nitrogens with zero attached hydrogens (tertiary/aromatic N) is 4. The van der Waals surface area contributed by atoms with Crippen molar-refractivity contribution in [3.8, 4) is 11.3 Å². The van der Waals surface area contributed by atoms with E-state index in [0.717, 1.165) is 10.9 Å². The molecule has 1 aromatic heterocycles. The fourth-order valence-electron chi connectivity index (χ4n) is 2.49. The van der Waals surface area contributed by atoms with Crippen LogP contribution in [0, 0.1) is 10.1 Å². The van der Waals surface area contributed by atoms with E-state index in [1.807, 2.05) is 18.7 Å². The molecule has 3 rings (SSSR count). The minimum atomic E-state index is -0.449. The van der Waals surface area contributed by atoms with Gasteiger partial charge in [-0.25, -0.2) is 4.98 Å². The third-order valence-corrected chi connectivity index (χ3v) is 4.52. The number of carbonyl (C=O) groups is 1. The SMILES string of the molecule is CN(C)/C=C/C(=O)c1c(-c2cccc([N+](=O)[O-])c2)nc2n1CCS2. The number of hydrogen-bond acceptors (Lipinski definition) is 6. The number of fused-ring (bicyclic) bond motifs is 1. The van der Waals surface area contributed by atoms with Gasteiger partial charge in [0.15, 0.2) is 5.16 Å². The summed E-state index contributed by atoms with van der Waals surface area (Å²) in [5.74, 6) is 0.710. The van der Waals surface area contributed by atoms with Gasteiger partial charge in [0, 0.05) is 56.4 Å². The predicted octanol–water partition coefficient (Wildman–Crippen LogP) is 2.82. The molecule has 0 spiro atoms. The molecule has 1 aromatic carbocycles. The van der Waals surface area contributed by atoms with Gasteiger partial charge in [-0.15, -0.1) is 0 Å². The average molecular weight is 344 g/mol. The second-order valence-corrected chi connectivity index (χ2v) is 6.60. The largest absolute Gasteiger partial charge is 0.383 e. The lowest BCUT2D eigenvalue weighted by molar-refractivity contribution is -0.384. The lowest BCUT2D eigenvalue weighted by Gasteiger charge is -2.06. The van der Waals surface area contributed by atoms with E-state index >= 15 is 0 Å². The van der Waals surface area contributed by atoms with Gasteiger partial charge >= 0.3 is 0 Å². The molecule has 0 atom stereocenters. The number of allylic oxidation sites excluding steroid dienone is 1. The van der Waals surface area contributed by atoms with Crippen LogP contribution in [-0.2, 0) is 6.54 Å². The minimum absolute atomic E-state index is 0.0180. The Morgan fingerprint density at radius 2 is 2.25 bits per heavy atom. The van der Waals surface area contributed by atoms with Crippen LogP contribution in [-0.4, -0.2) is 45.0 Å². The van der Waals surface area contributed by atoms with Crippen LogP contribution in [0.3, 0.4) is 0 Å². The molecule has 124 valence electrons. The highest BCUT2D eigenvalue weighted by Crippen LogP contribution is 2.34. The lowest BCUT2D eigenvalue weighted by atomic mass is 10.1. The first kappa shape index (κ1) is 16.3. The normalized spacial score (nSPS) is 13.2. The van der Waals surface area contributed by atoms with Crippen LogP contribution in [0.5, 0.6) is 0 Å². The van der Waals surface area contributed by atoms with Gasteiger partial charge in [-0.2, -0.15) is 0 Å². The van der Waals surface area contributed by atoms with Crippen LogP contribution in [0.2, 0.25) is 0 Å². The molecule has 7 nitrogen and oxygen atoms in total. The highest BCUT2D eigenvalue weighted by atomic mass is 32.2. The van der Waals surface area contributed by atoms with E-state index in [-0.39, 0.29) is 11.5 Å². The van der Waals surface area contributed by atoms with Crippen molar-refractivity contribution in [2.45, 2.75) is 11.7 Å². The molecule has 0 bridgehead atoms. The van der Waals surface area contributed by atoms with Crippen LogP contribution < -0.4 is 0 Å². The molecular formula is C16H16N4O3S. The number of imidazole rings is 1. The molecule has 1 aliphatic rings. The first-order valence-electron chi connectivity index (χ1n) is 7.34. The monoisotopic (exact) mass is 344 g/mol. The molecule has 2 aromatic rings. The van der Waals surface area contributed by atoms with E-state index in [4.69, 9.17) is 0 Å². The second kappa shape index (κ2) is 6.48. The van der Waals surface area contributed by atoms with Gasteiger partial charge in [0.1, 0.15) is 11.4 Å². The predicted molar refractivity (Wildman–Crippen MR) is 92.2 cm³/mol. The molecular weight excluding hydrogens is 328 g/mol. The smallest absolute Gasteiger partial charge is 0.270 e. The first-order valence-corrected chi connectivity index (χ1v) is 8.33. The zero-order chi connectivity index (χ0) is 17.3. The van der Waals surface area contributed by atoms with Gasteiger partial charge in [0.05, 0.1) is 4.92 Å². The molecule has 0 N–H and O–H groups in total. The van der Waals surface area contributed by atoms with E-state index in [9.17, 15) is 14.9 Å². The summed E-state index contributed by atoms with van der Waals surface area (Å²) in [4.78, 5) is 29.6. The number of aromatic nitrogens is 2. The summed E-state index contributed by atoms with van der Waals surface area (Å²) in [5.41, 5.74) is 1.53.